The number of Topliss-reactive ketones (excluding diaryl/α,β-unsaturated/α-hetero) is 1. The Hall–Kier alpha value is -1.78. The van der Waals surface area contributed by atoms with Gasteiger partial charge in [-0.3, -0.25) is 4.79 Å². The topological polar surface area (TPSA) is 43.4 Å². The van der Waals surface area contributed by atoms with Crippen molar-refractivity contribution in [1.29, 1.82) is 0 Å². The maximum atomic E-state index is 12.3. The van der Waals surface area contributed by atoms with E-state index in [1.165, 1.54) is 18.9 Å². The summed E-state index contributed by atoms with van der Waals surface area (Å²) in [5.74, 6) is -0.141. The van der Waals surface area contributed by atoms with Gasteiger partial charge in [0.1, 0.15) is 5.78 Å². The van der Waals surface area contributed by atoms with Crippen molar-refractivity contribution in [2.45, 2.75) is 24.2 Å². The van der Waals surface area contributed by atoms with Crippen LogP contribution >= 0.6 is 23.4 Å². The fourth-order valence-corrected chi connectivity index (χ4v) is 3.93. The molecule has 0 aliphatic heterocycles. The number of benzene rings is 2. The highest BCUT2D eigenvalue weighted by Gasteiger charge is 2.28. The molecule has 0 atom stereocenters. The Kier molecular flexibility index (Phi) is 4.97. The average Bonchev–Trinajstić information content (AvgIpc) is 2.60. The van der Waals surface area contributed by atoms with Gasteiger partial charge in [0.25, 0.3) is 0 Å². The Balaban J connectivity index is 2.28. The van der Waals surface area contributed by atoms with Gasteiger partial charge in [0.15, 0.2) is 0 Å². The molecular formula is C19H17ClO3S. The van der Waals surface area contributed by atoms with Crippen molar-refractivity contribution in [3.05, 3.63) is 52.0 Å². The average molecular weight is 361 g/mol. The molecule has 5 heteroatoms. The van der Waals surface area contributed by atoms with Crippen molar-refractivity contribution >= 4 is 35.1 Å². The number of hydrogen-bond acceptors (Lipinski definition) is 4. The number of esters is 1. The smallest absolute Gasteiger partial charge is 0.339 e. The molecular weight excluding hydrogens is 344 g/mol. The van der Waals surface area contributed by atoms with Crippen molar-refractivity contribution in [3.8, 4) is 11.1 Å². The van der Waals surface area contributed by atoms with Crippen LogP contribution in [0.25, 0.3) is 11.1 Å². The number of carbonyl (C=O) groups is 2. The Morgan fingerprint density at radius 3 is 2.50 bits per heavy atom. The Bertz CT molecular complexity index is 812. The third-order valence-electron chi connectivity index (χ3n) is 4.31. The zero-order valence-corrected chi connectivity index (χ0v) is 15.1. The molecule has 0 saturated heterocycles. The molecule has 2 aromatic carbocycles. The van der Waals surface area contributed by atoms with Gasteiger partial charge in [0.2, 0.25) is 0 Å². The molecule has 1 aliphatic carbocycles. The van der Waals surface area contributed by atoms with Crippen molar-refractivity contribution in [1.82, 2.24) is 0 Å². The van der Waals surface area contributed by atoms with Crippen LogP contribution in [0.5, 0.6) is 0 Å². The van der Waals surface area contributed by atoms with Gasteiger partial charge in [-0.25, -0.2) is 4.79 Å². The summed E-state index contributed by atoms with van der Waals surface area (Å²) in [6, 6.07) is 9.54. The van der Waals surface area contributed by atoms with Crippen LogP contribution < -0.4 is 0 Å². The van der Waals surface area contributed by atoms with Crippen LogP contribution in [-0.2, 0) is 22.4 Å². The molecule has 0 spiro atoms. The lowest BCUT2D eigenvalue weighted by Gasteiger charge is -2.23. The van der Waals surface area contributed by atoms with Crippen LogP contribution in [0, 0.1) is 0 Å². The van der Waals surface area contributed by atoms with E-state index < -0.39 is 0 Å². The molecule has 0 heterocycles. The Labute approximate surface area is 150 Å². The van der Waals surface area contributed by atoms with Crippen molar-refractivity contribution in [2.75, 3.05) is 13.4 Å². The molecule has 0 N–H and O–H groups in total. The number of hydrogen-bond donors (Lipinski definition) is 0. The lowest BCUT2D eigenvalue weighted by atomic mass is 9.82. The van der Waals surface area contributed by atoms with Gasteiger partial charge in [-0.05, 0) is 53.1 Å². The van der Waals surface area contributed by atoms with Crippen molar-refractivity contribution in [3.63, 3.8) is 0 Å². The van der Waals surface area contributed by atoms with Gasteiger partial charge >= 0.3 is 5.97 Å². The molecule has 0 amide bonds. The van der Waals surface area contributed by atoms with Crippen LogP contribution in [0.15, 0.2) is 35.2 Å². The van der Waals surface area contributed by atoms with E-state index in [0.717, 1.165) is 27.1 Å². The lowest BCUT2D eigenvalue weighted by molar-refractivity contribution is -0.118. The second kappa shape index (κ2) is 6.99. The van der Waals surface area contributed by atoms with Crippen LogP contribution in [0.4, 0.5) is 0 Å². The summed E-state index contributed by atoms with van der Waals surface area (Å²) < 4.78 is 4.98. The molecule has 3 rings (SSSR count). The molecule has 0 unspecified atom stereocenters. The second-order valence-electron chi connectivity index (χ2n) is 5.67. The number of thioether (sulfide) groups is 1. The van der Waals surface area contributed by atoms with Gasteiger partial charge in [0.05, 0.1) is 12.7 Å². The molecule has 24 heavy (non-hydrogen) atoms. The van der Waals surface area contributed by atoms with Gasteiger partial charge in [-0.1, -0.05) is 23.7 Å². The summed E-state index contributed by atoms with van der Waals surface area (Å²) in [7, 11) is 1.39. The van der Waals surface area contributed by atoms with E-state index in [4.69, 9.17) is 16.3 Å². The quantitative estimate of drug-likeness (QED) is 0.594. The number of ether oxygens (including phenoxy) is 1. The lowest BCUT2D eigenvalue weighted by Crippen LogP contribution is -2.19. The van der Waals surface area contributed by atoms with E-state index >= 15 is 0 Å². The minimum Gasteiger partial charge on any atom is -0.465 e. The molecule has 0 aromatic heterocycles. The van der Waals surface area contributed by atoms with E-state index in [2.05, 4.69) is 0 Å². The first kappa shape index (κ1) is 17.1. The maximum absolute atomic E-state index is 12.3. The minimum absolute atomic E-state index is 0.199. The number of carbonyl (C=O) groups excluding carboxylic acids is 2. The molecule has 0 radical (unpaired) electrons. The van der Waals surface area contributed by atoms with Gasteiger partial charge in [-0.2, -0.15) is 0 Å². The van der Waals surface area contributed by atoms with Gasteiger partial charge < -0.3 is 4.74 Å². The van der Waals surface area contributed by atoms with Crippen LogP contribution in [0.2, 0.25) is 5.02 Å². The van der Waals surface area contributed by atoms with E-state index in [-0.39, 0.29) is 11.8 Å². The standard InChI is InChI=1S/C19H17ClO3S/c1-23-19(22)18-14-8-7-13(21)9-16(14)15(10-17(18)24-2)11-3-5-12(20)6-4-11/h3-6,10H,7-9H2,1-2H3. The third-order valence-corrected chi connectivity index (χ3v) is 5.32. The van der Waals surface area contributed by atoms with Crippen LogP contribution in [0.3, 0.4) is 0 Å². The van der Waals surface area contributed by atoms with Crippen molar-refractivity contribution < 1.29 is 14.3 Å². The van der Waals surface area contributed by atoms with Crippen LogP contribution in [0.1, 0.15) is 27.9 Å². The highest BCUT2D eigenvalue weighted by atomic mass is 35.5. The molecule has 0 saturated carbocycles. The predicted octanol–water partition coefficient (Wildman–Crippen LogP) is 4.57. The highest BCUT2D eigenvalue weighted by molar-refractivity contribution is 7.98. The normalized spacial score (nSPS) is 13.5. The number of ketones is 1. The molecule has 3 nitrogen and oxygen atoms in total. The zero-order chi connectivity index (χ0) is 17.3. The number of methoxy groups -OCH3 is 1. The van der Waals surface area contributed by atoms with Crippen molar-refractivity contribution in [2.24, 2.45) is 0 Å². The molecule has 0 fully saturated rings. The van der Waals surface area contributed by atoms with Gasteiger partial charge in [-0.15, -0.1) is 11.8 Å². The number of halogens is 1. The molecule has 0 bridgehead atoms. The predicted molar refractivity (Wildman–Crippen MR) is 97.0 cm³/mol. The van der Waals surface area contributed by atoms with E-state index in [1.807, 2.05) is 36.6 Å². The maximum Gasteiger partial charge on any atom is 0.339 e. The highest BCUT2D eigenvalue weighted by Crippen LogP contribution is 2.38. The third kappa shape index (κ3) is 3.08. The van der Waals surface area contributed by atoms with E-state index in [9.17, 15) is 9.59 Å². The molecule has 124 valence electrons. The monoisotopic (exact) mass is 360 g/mol. The SMILES string of the molecule is COC(=O)c1c(SC)cc(-c2ccc(Cl)cc2)c2c1CCC(=O)C2. The van der Waals surface area contributed by atoms with Crippen LogP contribution in [-0.4, -0.2) is 25.1 Å². The van der Waals surface area contributed by atoms with Gasteiger partial charge in [0, 0.05) is 22.8 Å². The summed E-state index contributed by atoms with van der Waals surface area (Å²) in [5, 5.41) is 0.667. The number of rotatable bonds is 3. The Morgan fingerprint density at radius 1 is 1.17 bits per heavy atom. The second-order valence-corrected chi connectivity index (χ2v) is 6.96. The van der Waals surface area contributed by atoms with E-state index in [1.54, 1.807) is 0 Å². The molecule has 2 aromatic rings. The fraction of sp³-hybridized carbons (Fsp3) is 0.263. The summed E-state index contributed by atoms with van der Waals surface area (Å²) in [4.78, 5) is 25.2. The Morgan fingerprint density at radius 2 is 1.88 bits per heavy atom. The first-order valence-electron chi connectivity index (χ1n) is 7.63. The zero-order valence-electron chi connectivity index (χ0n) is 13.5. The summed E-state index contributed by atoms with van der Waals surface area (Å²) in [5.41, 5.74) is 4.47. The molecule has 1 aliphatic rings. The fourth-order valence-electron chi connectivity index (χ4n) is 3.15. The summed E-state index contributed by atoms with van der Waals surface area (Å²) in [6.07, 6.45) is 3.34. The summed E-state index contributed by atoms with van der Waals surface area (Å²) >= 11 is 7.50. The minimum atomic E-state index is -0.340. The first-order chi connectivity index (χ1) is 11.5. The van der Waals surface area contributed by atoms with E-state index in [0.29, 0.717) is 29.8 Å². The number of fused-ring (bicyclic) bond motifs is 1. The largest absolute Gasteiger partial charge is 0.465 e. The first-order valence-corrected chi connectivity index (χ1v) is 9.24. The summed E-state index contributed by atoms with van der Waals surface area (Å²) in [6.45, 7) is 0.